The van der Waals surface area contributed by atoms with Crippen LogP contribution in [0.1, 0.15) is 28.4 Å². The van der Waals surface area contributed by atoms with Gasteiger partial charge in [0.15, 0.2) is 0 Å². The number of benzene rings is 2. The minimum absolute atomic E-state index is 0.0603. The van der Waals surface area contributed by atoms with Crippen molar-refractivity contribution in [1.82, 2.24) is 10.7 Å². The fourth-order valence-corrected chi connectivity index (χ4v) is 2.32. The Morgan fingerprint density at radius 2 is 1.86 bits per heavy atom. The van der Waals surface area contributed by atoms with E-state index in [0.29, 0.717) is 30.9 Å². The van der Waals surface area contributed by atoms with E-state index >= 15 is 0 Å². The number of rotatable bonds is 8. The van der Waals surface area contributed by atoms with Gasteiger partial charge in [-0.15, -0.1) is 0 Å². The molecule has 2 N–H and O–H groups in total. The average molecular weight is 382 g/mol. The Bertz CT molecular complexity index is 865. The lowest BCUT2D eigenvalue weighted by Gasteiger charge is -2.09. The summed E-state index contributed by atoms with van der Waals surface area (Å²) in [5.41, 5.74) is 3.40. The number of carbonyl (C=O) groups excluding carboxylic acids is 3. The number of hydrazone groups is 1. The van der Waals surface area contributed by atoms with Crippen molar-refractivity contribution in [2.24, 2.45) is 5.10 Å². The van der Waals surface area contributed by atoms with Crippen LogP contribution < -0.4 is 20.6 Å². The predicted molar refractivity (Wildman–Crippen MR) is 101 cm³/mol. The van der Waals surface area contributed by atoms with Crippen molar-refractivity contribution in [1.29, 1.82) is 0 Å². The van der Waals surface area contributed by atoms with Gasteiger partial charge in [0.25, 0.3) is 0 Å². The highest BCUT2D eigenvalue weighted by atomic mass is 16.5. The first-order chi connectivity index (χ1) is 13.5. The molecule has 0 aliphatic heterocycles. The Morgan fingerprint density at radius 1 is 1.11 bits per heavy atom. The quantitative estimate of drug-likeness (QED) is 0.385. The highest BCUT2D eigenvalue weighted by Gasteiger charge is 2.12. The van der Waals surface area contributed by atoms with E-state index in [9.17, 15) is 19.5 Å². The van der Waals surface area contributed by atoms with Crippen molar-refractivity contribution in [2.75, 3.05) is 13.2 Å². The number of hydrogen-bond acceptors (Lipinski definition) is 6. The molecule has 2 aromatic carbocycles. The molecule has 0 spiro atoms. The van der Waals surface area contributed by atoms with Crippen LogP contribution in [0.15, 0.2) is 53.6 Å². The van der Waals surface area contributed by atoms with E-state index in [2.05, 4.69) is 15.8 Å². The molecule has 0 aliphatic rings. The third kappa shape index (κ3) is 6.24. The zero-order chi connectivity index (χ0) is 20.4. The van der Waals surface area contributed by atoms with Crippen molar-refractivity contribution >= 4 is 24.0 Å². The molecule has 0 atom stereocenters. The number of nitrogens with one attached hydrogen (secondary N) is 2. The fraction of sp³-hybridized carbons (Fsp3) is 0.200. The van der Waals surface area contributed by atoms with E-state index in [0.717, 1.165) is 5.56 Å². The molecule has 146 valence electrons. The van der Waals surface area contributed by atoms with Crippen LogP contribution in [0.5, 0.6) is 5.75 Å². The van der Waals surface area contributed by atoms with Crippen LogP contribution in [0.25, 0.3) is 0 Å². The molecule has 0 fully saturated rings. The van der Waals surface area contributed by atoms with Gasteiger partial charge in [-0.3, -0.25) is 9.59 Å². The summed E-state index contributed by atoms with van der Waals surface area (Å²) in [6.45, 7) is 2.44. The Hall–Kier alpha value is -3.68. The number of ether oxygens (including phenoxy) is 1. The summed E-state index contributed by atoms with van der Waals surface area (Å²) in [4.78, 5) is 34.5. The molecule has 2 rings (SSSR count). The second-order valence-electron chi connectivity index (χ2n) is 5.66. The normalized spacial score (nSPS) is 10.5. The van der Waals surface area contributed by atoms with Gasteiger partial charge in [0.2, 0.25) is 0 Å². The molecule has 28 heavy (non-hydrogen) atoms. The summed E-state index contributed by atoms with van der Waals surface area (Å²) in [5, 5.41) is 17.2. The topological polar surface area (TPSA) is 120 Å². The average Bonchev–Trinajstić information content (AvgIpc) is 2.69. The Labute approximate surface area is 162 Å². The van der Waals surface area contributed by atoms with Crippen LogP contribution in [-0.4, -0.2) is 37.1 Å². The van der Waals surface area contributed by atoms with Gasteiger partial charge in [-0.05, 0) is 42.7 Å². The Kier molecular flexibility index (Phi) is 7.71. The highest BCUT2D eigenvalue weighted by molar-refractivity contribution is 6.35. The molecule has 0 saturated carbocycles. The smallest absolute Gasteiger partial charge is 0.329 e. The van der Waals surface area contributed by atoms with Crippen molar-refractivity contribution in [3.8, 4) is 5.75 Å². The van der Waals surface area contributed by atoms with E-state index in [-0.39, 0.29) is 5.56 Å². The lowest BCUT2D eigenvalue weighted by molar-refractivity contribution is -0.255. The van der Waals surface area contributed by atoms with Gasteiger partial charge in [0.05, 0.1) is 18.8 Å². The lowest BCUT2D eigenvalue weighted by atomic mass is 10.1. The summed E-state index contributed by atoms with van der Waals surface area (Å²) >= 11 is 0. The molecule has 0 heterocycles. The van der Waals surface area contributed by atoms with Crippen LogP contribution in [0.4, 0.5) is 0 Å². The summed E-state index contributed by atoms with van der Waals surface area (Å²) < 4.78 is 5.38. The Balaban J connectivity index is 1.90. The number of amides is 2. The minimum Gasteiger partial charge on any atom is -0.545 e. The Morgan fingerprint density at radius 3 is 2.54 bits per heavy atom. The van der Waals surface area contributed by atoms with E-state index in [4.69, 9.17) is 4.74 Å². The van der Waals surface area contributed by atoms with Crippen LogP contribution in [0, 0.1) is 0 Å². The van der Waals surface area contributed by atoms with Crippen LogP contribution in [-0.2, 0) is 16.0 Å². The van der Waals surface area contributed by atoms with Gasteiger partial charge in [-0.1, -0.05) is 30.3 Å². The number of carboxylic acid groups (broad SMARTS) is 1. The summed E-state index contributed by atoms with van der Waals surface area (Å²) in [7, 11) is 0. The van der Waals surface area contributed by atoms with E-state index < -0.39 is 17.8 Å². The molecule has 2 amide bonds. The van der Waals surface area contributed by atoms with Crippen LogP contribution in [0.3, 0.4) is 0 Å². The van der Waals surface area contributed by atoms with Crippen LogP contribution in [0.2, 0.25) is 0 Å². The predicted octanol–water partition coefficient (Wildman–Crippen LogP) is 0.258. The fourth-order valence-electron chi connectivity index (χ4n) is 2.32. The van der Waals surface area contributed by atoms with Crippen molar-refractivity contribution in [3.05, 3.63) is 65.2 Å². The number of aromatic carboxylic acids is 1. The van der Waals surface area contributed by atoms with Crippen molar-refractivity contribution in [2.45, 2.75) is 13.3 Å². The van der Waals surface area contributed by atoms with Crippen LogP contribution >= 0.6 is 0 Å². The van der Waals surface area contributed by atoms with Gasteiger partial charge in [-0.2, -0.15) is 5.10 Å². The first-order valence-corrected chi connectivity index (χ1v) is 8.64. The van der Waals surface area contributed by atoms with E-state index in [1.54, 1.807) is 6.92 Å². The van der Waals surface area contributed by atoms with Gasteiger partial charge < -0.3 is 20.0 Å². The first-order valence-electron chi connectivity index (χ1n) is 8.64. The minimum atomic E-state index is -1.35. The summed E-state index contributed by atoms with van der Waals surface area (Å²) in [5.74, 6) is -2.71. The number of nitrogens with zero attached hydrogens (tertiary/aromatic N) is 1. The zero-order valence-electron chi connectivity index (χ0n) is 15.3. The maximum Gasteiger partial charge on any atom is 0.329 e. The SMILES string of the molecule is CCOc1ccc(C(=O)[O-])cc1/C=N\NC(=O)C(=O)NCCc1ccccc1. The summed E-state index contributed by atoms with van der Waals surface area (Å²) in [6.07, 6.45) is 1.80. The summed E-state index contributed by atoms with van der Waals surface area (Å²) in [6, 6.07) is 13.6. The number of carbonyl (C=O) groups is 3. The molecule has 0 unspecified atom stereocenters. The van der Waals surface area contributed by atoms with Gasteiger partial charge in [0.1, 0.15) is 5.75 Å². The highest BCUT2D eigenvalue weighted by Crippen LogP contribution is 2.18. The monoisotopic (exact) mass is 382 g/mol. The molecule has 0 bridgehead atoms. The number of carboxylic acids is 1. The molecular formula is C20H20N3O5-. The maximum absolute atomic E-state index is 11.8. The van der Waals surface area contributed by atoms with E-state index in [1.165, 1.54) is 24.4 Å². The maximum atomic E-state index is 11.8. The first kappa shape index (κ1) is 20.6. The largest absolute Gasteiger partial charge is 0.545 e. The second kappa shape index (κ2) is 10.5. The van der Waals surface area contributed by atoms with Crippen molar-refractivity contribution < 1.29 is 24.2 Å². The lowest BCUT2D eigenvalue weighted by Crippen LogP contribution is -2.38. The molecule has 8 heteroatoms. The van der Waals surface area contributed by atoms with Gasteiger partial charge in [-0.25, -0.2) is 5.43 Å². The molecular weight excluding hydrogens is 362 g/mol. The molecule has 2 aromatic rings. The molecule has 0 radical (unpaired) electrons. The van der Waals surface area contributed by atoms with Gasteiger partial charge >= 0.3 is 11.8 Å². The molecule has 0 aromatic heterocycles. The van der Waals surface area contributed by atoms with Gasteiger partial charge in [0, 0.05) is 12.1 Å². The third-order valence-corrected chi connectivity index (χ3v) is 3.66. The second-order valence-corrected chi connectivity index (χ2v) is 5.66. The van der Waals surface area contributed by atoms with E-state index in [1.807, 2.05) is 30.3 Å². The molecule has 0 aliphatic carbocycles. The molecule has 0 saturated heterocycles. The molecule has 8 nitrogen and oxygen atoms in total. The number of hydrogen-bond donors (Lipinski definition) is 2. The zero-order valence-corrected chi connectivity index (χ0v) is 15.3. The third-order valence-electron chi connectivity index (χ3n) is 3.66. The standard InChI is InChI=1S/C20H21N3O5/c1-2-28-17-9-8-15(20(26)27)12-16(17)13-22-23-19(25)18(24)21-11-10-14-6-4-3-5-7-14/h3-9,12-13H,2,10-11H2,1H3,(H,21,24)(H,23,25)(H,26,27)/p-1/b22-13-. The van der Waals surface area contributed by atoms with Crippen molar-refractivity contribution in [3.63, 3.8) is 0 Å².